The van der Waals surface area contributed by atoms with Crippen LogP contribution in [0.5, 0.6) is 0 Å². The first-order chi connectivity index (χ1) is 7.03. The van der Waals surface area contributed by atoms with Gasteiger partial charge in [-0.15, -0.1) is 0 Å². The van der Waals surface area contributed by atoms with Gasteiger partial charge >= 0.3 is 0 Å². The molecule has 2 N–H and O–H groups in total. The van der Waals surface area contributed by atoms with Crippen LogP contribution in [0.4, 0.5) is 0 Å². The quantitative estimate of drug-likeness (QED) is 0.654. The molecule has 0 aromatic carbocycles. The second kappa shape index (κ2) is 7.24. The fourth-order valence-corrected chi connectivity index (χ4v) is 2.37. The highest BCUT2D eigenvalue weighted by atomic mass is 16.3. The van der Waals surface area contributed by atoms with Crippen LogP contribution in [0.1, 0.15) is 66.2 Å². The van der Waals surface area contributed by atoms with Crippen molar-refractivity contribution in [2.45, 2.75) is 77.9 Å². The molecule has 0 radical (unpaired) electrons. The molecule has 0 saturated heterocycles. The third kappa shape index (κ3) is 4.52. The molecule has 0 aromatic heterocycles. The Morgan fingerprint density at radius 2 is 1.60 bits per heavy atom. The van der Waals surface area contributed by atoms with Gasteiger partial charge in [0, 0.05) is 0 Å². The third-order valence-electron chi connectivity index (χ3n) is 3.66. The zero-order valence-electron chi connectivity index (χ0n) is 10.8. The van der Waals surface area contributed by atoms with Gasteiger partial charge in [0.2, 0.25) is 0 Å². The van der Waals surface area contributed by atoms with Gasteiger partial charge in [0.05, 0.1) is 11.7 Å². The van der Waals surface area contributed by atoms with Crippen LogP contribution in [0.3, 0.4) is 0 Å². The maximum atomic E-state index is 10.4. The van der Waals surface area contributed by atoms with E-state index in [9.17, 15) is 10.2 Å². The van der Waals surface area contributed by atoms with E-state index in [4.69, 9.17) is 0 Å². The van der Waals surface area contributed by atoms with Crippen LogP contribution in [0, 0.1) is 5.92 Å². The van der Waals surface area contributed by atoms with Crippen molar-refractivity contribution in [3.8, 4) is 0 Å². The summed E-state index contributed by atoms with van der Waals surface area (Å²) in [6.45, 7) is 8.23. The van der Waals surface area contributed by atoms with Gasteiger partial charge in [-0.2, -0.15) is 0 Å². The highest BCUT2D eigenvalue weighted by Crippen LogP contribution is 2.32. The van der Waals surface area contributed by atoms with Crippen molar-refractivity contribution in [3.63, 3.8) is 0 Å². The first-order valence-corrected chi connectivity index (χ1v) is 6.44. The van der Waals surface area contributed by atoms with Crippen LogP contribution >= 0.6 is 0 Å². The Labute approximate surface area is 94.7 Å². The number of aliphatic hydroxyl groups excluding tert-OH is 1. The van der Waals surface area contributed by atoms with E-state index in [2.05, 4.69) is 13.8 Å². The molecule has 0 aliphatic carbocycles. The Bertz CT molecular complexity index is 153. The molecule has 0 heterocycles. The average molecular weight is 216 g/mol. The van der Waals surface area contributed by atoms with E-state index in [1.807, 2.05) is 13.8 Å². The molecule has 2 heteroatoms. The number of aliphatic hydroxyl groups is 2. The van der Waals surface area contributed by atoms with Crippen LogP contribution in [0.25, 0.3) is 0 Å². The Morgan fingerprint density at radius 3 is 1.93 bits per heavy atom. The highest BCUT2D eigenvalue weighted by molar-refractivity contribution is 4.84. The molecule has 0 bridgehead atoms. The van der Waals surface area contributed by atoms with Gasteiger partial charge in [0.15, 0.2) is 0 Å². The molecular formula is C13H28O2. The molecule has 0 spiro atoms. The van der Waals surface area contributed by atoms with E-state index in [0.717, 1.165) is 38.5 Å². The molecule has 92 valence electrons. The summed E-state index contributed by atoms with van der Waals surface area (Å²) < 4.78 is 0. The van der Waals surface area contributed by atoms with Crippen molar-refractivity contribution in [2.75, 3.05) is 0 Å². The van der Waals surface area contributed by atoms with Crippen LogP contribution in [0.2, 0.25) is 0 Å². The monoisotopic (exact) mass is 216 g/mol. The lowest BCUT2D eigenvalue weighted by atomic mass is 9.77. The fraction of sp³-hybridized carbons (Fsp3) is 1.00. The SMILES string of the molecule is CCCC(O)CC(CC)C(O)(CC)CC. The van der Waals surface area contributed by atoms with Crippen LogP contribution in [-0.2, 0) is 0 Å². The molecule has 2 nitrogen and oxygen atoms in total. The molecule has 0 fully saturated rings. The van der Waals surface area contributed by atoms with Crippen molar-refractivity contribution in [3.05, 3.63) is 0 Å². The number of hydrogen-bond donors (Lipinski definition) is 2. The first-order valence-electron chi connectivity index (χ1n) is 6.44. The van der Waals surface area contributed by atoms with Gasteiger partial charge in [0.25, 0.3) is 0 Å². The lowest BCUT2D eigenvalue weighted by molar-refractivity contribution is -0.0461. The van der Waals surface area contributed by atoms with Crippen molar-refractivity contribution in [1.29, 1.82) is 0 Å². The number of hydrogen-bond acceptors (Lipinski definition) is 2. The Morgan fingerprint density at radius 1 is 1.07 bits per heavy atom. The van der Waals surface area contributed by atoms with Crippen LogP contribution < -0.4 is 0 Å². The van der Waals surface area contributed by atoms with Crippen molar-refractivity contribution in [2.24, 2.45) is 5.92 Å². The molecule has 0 aliphatic rings. The Balaban J connectivity index is 4.33. The molecule has 0 aliphatic heterocycles. The van der Waals surface area contributed by atoms with E-state index in [1.54, 1.807) is 0 Å². The second-order valence-electron chi connectivity index (χ2n) is 4.59. The van der Waals surface area contributed by atoms with Gasteiger partial charge < -0.3 is 10.2 Å². The molecule has 2 unspecified atom stereocenters. The minimum Gasteiger partial charge on any atom is -0.393 e. The molecule has 15 heavy (non-hydrogen) atoms. The molecular weight excluding hydrogens is 188 g/mol. The fourth-order valence-electron chi connectivity index (χ4n) is 2.37. The zero-order chi connectivity index (χ0) is 11.9. The van der Waals surface area contributed by atoms with Gasteiger partial charge in [-0.1, -0.05) is 40.5 Å². The third-order valence-corrected chi connectivity index (χ3v) is 3.66. The lowest BCUT2D eigenvalue weighted by Gasteiger charge is -2.35. The van der Waals surface area contributed by atoms with Crippen molar-refractivity contribution in [1.82, 2.24) is 0 Å². The summed E-state index contributed by atoms with van der Waals surface area (Å²) in [5.74, 6) is 0.231. The average Bonchev–Trinajstić information content (AvgIpc) is 2.25. The van der Waals surface area contributed by atoms with Gasteiger partial charge in [-0.3, -0.25) is 0 Å². The predicted octanol–water partition coefficient (Wildman–Crippen LogP) is 3.11. The summed E-state index contributed by atoms with van der Waals surface area (Å²) in [6.07, 6.45) is 4.85. The minimum absolute atomic E-state index is 0.231. The molecule has 0 aromatic rings. The summed E-state index contributed by atoms with van der Waals surface area (Å²) in [4.78, 5) is 0. The van der Waals surface area contributed by atoms with Crippen molar-refractivity contribution < 1.29 is 10.2 Å². The lowest BCUT2D eigenvalue weighted by Crippen LogP contribution is -2.38. The molecule has 0 amide bonds. The van der Waals surface area contributed by atoms with Gasteiger partial charge in [-0.05, 0) is 31.6 Å². The standard InChI is InChI=1S/C13H28O2/c1-5-9-12(14)10-11(6-2)13(15,7-3)8-4/h11-12,14-15H,5-10H2,1-4H3. The second-order valence-corrected chi connectivity index (χ2v) is 4.59. The minimum atomic E-state index is -0.580. The first kappa shape index (κ1) is 14.9. The zero-order valence-corrected chi connectivity index (χ0v) is 10.8. The van der Waals surface area contributed by atoms with E-state index in [0.29, 0.717) is 0 Å². The van der Waals surface area contributed by atoms with Gasteiger partial charge in [-0.25, -0.2) is 0 Å². The van der Waals surface area contributed by atoms with E-state index >= 15 is 0 Å². The maximum absolute atomic E-state index is 10.4. The summed E-state index contributed by atoms with van der Waals surface area (Å²) in [7, 11) is 0. The van der Waals surface area contributed by atoms with Crippen LogP contribution in [-0.4, -0.2) is 21.9 Å². The summed E-state index contributed by atoms with van der Waals surface area (Å²) in [5, 5.41) is 20.2. The summed E-state index contributed by atoms with van der Waals surface area (Å²) >= 11 is 0. The summed E-state index contributed by atoms with van der Waals surface area (Å²) in [6, 6.07) is 0. The smallest absolute Gasteiger partial charge is 0.0671 e. The Hall–Kier alpha value is -0.0800. The van der Waals surface area contributed by atoms with E-state index in [1.165, 1.54) is 0 Å². The largest absolute Gasteiger partial charge is 0.393 e. The highest BCUT2D eigenvalue weighted by Gasteiger charge is 2.32. The molecule has 0 saturated carbocycles. The summed E-state index contributed by atoms with van der Waals surface area (Å²) in [5.41, 5.74) is -0.580. The number of rotatable bonds is 8. The van der Waals surface area contributed by atoms with Gasteiger partial charge in [0.1, 0.15) is 0 Å². The maximum Gasteiger partial charge on any atom is 0.0671 e. The topological polar surface area (TPSA) is 40.5 Å². The predicted molar refractivity (Wildman–Crippen MR) is 64.8 cm³/mol. The Kier molecular flexibility index (Phi) is 7.20. The van der Waals surface area contributed by atoms with E-state index < -0.39 is 5.60 Å². The van der Waals surface area contributed by atoms with E-state index in [-0.39, 0.29) is 12.0 Å². The van der Waals surface area contributed by atoms with Crippen molar-refractivity contribution >= 4 is 0 Å². The van der Waals surface area contributed by atoms with Crippen LogP contribution in [0.15, 0.2) is 0 Å². The molecule has 2 atom stereocenters. The molecule has 0 rings (SSSR count). The normalized spacial score (nSPS) is 16.4.